The Morgan fingerprint density at radius 3 is 1.27 bits per heavy atom. The molecule has 0 amide bonds. The number of halogens is 7. The lowest BCUT2D eigenvalue weighted by Gasteiger charge is -2.19. The van der Waals surface area contributed by atoms with Crippen molar-refractivity contribution in [1.29, 1.82) is 0 Å². The molecular formula is C26H11F7. The first kappa shape index (κ1) is 21.0. The van der Waals surface area contributed by atoms with Crippen LogP contribution in [0.15, 0.2) is 66.7 Å². The highest BCUT2D eigenvalue weighted by Crippen LogP contribution is 2.46. The van der Waals surface area contributed by atoms with E-state index in [1.165, 1.54) is 42.5 Å². The van der Waals surface area contributed by atoms with E-state index in [4.69, 9.17) is 0 Å². The molecule has 0 unspecified atom stereocenters. The van der Waals surface area contributed by atoms with Crippen LogP contribution in [0.3, 0.4) is 0 Å². The van der Waals surface area contributed by atoms with Crippen molar-refractivity contribution in [3.63, 3.8) is 0 Å². The first-order chi connectivity index (χ1) is 15.8. The van der Waals surface area contributed by atoms with Crippen molar-refractivity contribution in [2.75, 3.05) is 0 Å². The van der Waals surface area contributed by atoms with Crippen LogP contribution in [0.1, 0.15) is 0 Å². The van der Waals surface area contributed by atoms with Gasteiger partial charge in [-0.05, 0) is 33.7 Å². The monoisotopic (exact) mass is 456 g/mol. The second-order valence-corrected chi connectivity index (χ2v) is 7.41. The Morgan fingerprint density at radius 1 is 0.394 bits per heavy atom. The summed E-state index contributed by atoms with van der Waals surface area (Å²) < 4.78 is 99.9. The van der Waals surface area contributed by atoms with Gasteiger partial charge in [0.15, 0.2) is 23.3 Å². The van der Waals surface area contributed by atoms with E-state index in [0.29, 0.717) is 22.4 Å². The molecule has 0 aromatic heterocycles. The molecule has 0 atom stereocenters. The lowest BCUT2D eigenvalue weighted by molar-refractivity contribution is 0.381. The summed E-state index contributed by atoms with van der Waals surface area (Å²) >= 11 is 0. The molecule has 5 aromatic carbocycles. The fourth-order valence-electron chi connectivity index (χ4n) is 4.20. The van der Waals surface area contributed by atoms with Gasteiger partial charge in [-0.15, -0.1) is 0 Å². The van der Waals surface area contributed by atoms with E-state index < -0.39 is 46.3 Å². The van der Waals surface area contributed by atoms with Crippen LogP contribution in [-0.4, -0.2) is 0 Å². The molecule has 7 heteroatoms. The molecule has 0 radical (unpaired) electrons. The van der Waals surface area contributed by atoms with Crippen LogP contribution in [0.4, 0.5) is 30.7 Å². The summed E-state index contributed by atoms with van der Waals surface area (Å²) in [6, 6.07) is 15.2. The van der Waals surface area contributed by atoms with Gasteiger partial charge < -0.3 is 0 Å². The number of hydrogen-bond donors (Lipinski definition) is 0. The Kier molecular flexibility index (Phi) is 4.85. The van der Waals surface area contributed by atoms with Crippen LogP contribution in [0.25, 0.3) is 43.8 Å². The summed E-state index contributed by atoms with van der Waals surface area (Å²) in [6.45, 7) is 0. The number of hydrogen-bond acceptors (Lipinski definition) is 0. The highest BCUT2D eigenvalue weighted by molar-refractivity contribution is 6.21. The molecule has 0 aliphatic heterocycles. The highest BCUT2D eigenvalue weighted by atomic mass is 19.2. The van der Waals surface area contributed by atoms with Gasteiger partial charge in [-0.3, -0.25) is 0 Å². The van der Waals surface area contributed by atoms with Gasteiger partial charge in [-0.1, -0.05) is 48.5 Å². The van der Waals surface area contributed by atoms with E-state index in [1.54, 1.807) is 12.1 Å². The third-order valence-electron chi connectivity index (χ3n) is 5.59. The zero-order valence-corrected chi connectivity index (χ0v) is 16.5. The maximum Gasteiger partial charge on any atom is 0.200 e. The van der Waals surface area contributed by atoms with Crippen LogP contribution in [0, 0.1) is 40.7 Å². The smallest absolute Gasteiger partial charge is 0.200 e. The molecule has 0 N–H and O–H groups in total. The summed E-state index contributed by atoms with van der Waals surface area (Å²) in [4.78, 5) is 0. The first-order valence-electron chi connectivity index (χ1n) is 9.72. The second kappa shape index (κ2) is 7.62. The molecule has 0 saturated heterocycles. The Hall–Kier alpha value is -3.87. The molecule has 164 valence electrons. The zero-order valence-electron chi connectivity index (χ0n) is 16.5. The maximum atomic E-state index is 14.9. The zero-order chi connectivity index (χ0) is 23.4. The summed E-state index contributed by atoms with van der Waals surface area (Å²) in [7, 11) is 0. The van der Waals surface area contributed by atoms with Crippen LogP contribution in [0.2, 0.25) is 0 Å². The van der Waals surface area contributed by atoms with E-state index in [0.717, 1.165) is 6.07 Å². The number of rotatable bonds is 2. The topological polar surface area (TPSA) is 0 Å². The van der Waals surface area contributed by atoms with Crippen molar-refractivity contribution in [3.8, 4) is 22.3 Å². The lowest BCUT2D eigenvalue weighted by atomic mass is 9.85. The van der Waals surface area contributed by atoms with E-state index in [9.17, 15) is 30.7 Å². The van der Waals surface area contributed by atoms with Gasteiger partial charge in [0.05, 0.1) is 5.56 Å². The van der Waals surface area contributed by atoms with E-state index >= 15 is 0 Å². The molecule has 0 spiro atoms. The molecule has 0 aliphatic rings. The fourth-order valence-corrected chi connectivity index (χ4v) is 4.20. The van der Waals surface area contributed by atoms with Crippen molar-refractivity contribution >= 4 is 21.5 Å². The van der Waals surface area contributed by atoms with Crippen LogP contribution in [0.5, 0.6) is 0 Å². The van der Waals surface area contributed by atoms with E-state index in [2.05, 4.69) is 0 Å². The molecule has 0 fully saturated rings. The van der Waals surface area contributed by atoms with E-state index in [-0.39, 0.29) is 21.9 Å². The normalized spacial score (nSPS) is 11.5. The third-order valence-corrected chi connectivity index (χ3v) is 5.59. The highest BCUT2D eigenvalue weighted by Gasteiger charge is 2.29. The minimum Gasteiger partial charge on any atom is -0.207 e. The second-order valence-electron chi connectivity index (χ2n) is 7.41. The van der Waals surface area contributed by atoms with Crippen LogP contribution < -0.4 is 0 Å². The summed E-state index contributed by atoms with van der Waals surface area (Å²) in [5.41, 5.74) is -0.982. The van der Waals surface area contributed by atoms with Crippen molar-refractivity contribution in [1.82, 2.24) is 0 Å². The summed E-state index contributed by atoms with van der Waals surface area (Å²) in [5, 5.41) is 0.859. The molecule has 0 heterocycles. The molecule has 0 nitrogen and oxygen atoms in total. The maximum absolute atomic E-state index is 14.9. The van der Waals surface area contributed by atoms with Gasteiger partial charge in [0.25, 0.3) is 0 Å². The van der Waals surface area contributed by atoms with Gasteiger partial charge in [-0.25, -0.2) is 30.7 Å². The largest absolute Gasteiger partial charge is 0.207 e. The molecule has 5 rings (SSSR count). The number of benzene rings is 5. The SMILES string of the molecule is Fc1ccc(-c2c3ccccc3c(-c3c(F)c(F)c(F)c(F)c3F)c3ccccc23)c(F)c1. The van der Waals surface area contributed by atoms with E-state index in [1.807, 2.05) is 0 Å². The van der Waals surface area contributed by atoms with Gasteiger partial charge in [0, 0.05) is 22.8 Å². The predicted octanol–water partition coefficient (Wildman–Crippen LogP) is 8.30. The summed E-state index contributed by atoms with van der Waals surface area (Å²) in [5.74, 6) is -12.0. The Balaban J connectivity index is 2.04. The quantitative estimate of drug-likeness (QED) is 0.108. The average molecular weight is 456 g/mol. The molecule has 5 aromatic rings. The standard InChI is InChI=1S/C26H11F7/c27-12-9-10-17(18(28)11-12)19-13-5-1-3-7-15(13)20(16-8-4-2-6-14(16)19)21-22(29)24(31)26(33)25(32)23(21)30/h1-11H. The Bertz CT molecular complexity index is 1500. The Morgan fingerprint density at radius 2 is 0.818 bits per heavy atom. The minimum absolute atomic E-state index is 0.0211. The summed E-state index contributed by atoms with van der Waals surface area (Å²) in [6.07, 6.45) is 0. The van der Waals surface area contributed by atoms with Gasteiger partial charge in [0.2, 0.25) is 5.82 Å². The third kappa shape index (κ3) is 3.07. The molecule has 0 saturated carbocycles. The molecule has 0 bridgehead atoms. The van der Waals surface area contributed by atoms with Crippen LogP contribution in [-0.2, 0) is 0 Å². The van der Waals surface area contributed by atoms with Crippen molar-refractivity contribution in [3.05, 3.63) is 107 Å². The van der Waals surface area contributed by atoms with Crippen LogP contribution >= 0.6 is 0 Å². The number of fused-ring (bicyclic) bond motifs is 2. The van der Waals surface area contributed by atoms with Crippen molar-refractivity contribution in [2.24, 2.45) is 0 Å². The van der Waals surface area contributed by atoms with Gasteiger partial charge >= 0.3 is 0 Å². The average Bonchev–Trinajstić information content (AvgIpc) is 2.82. The van der Waals surface area contributed by atoms with Crippen molar-refractivity contribution in [2.45, 2.75) is 0 Å². The molecule has 0 aliphatic carbocycles. The fraction of sp³-hybridized carbons (Fsp3) is 0. The molecular weight excluding hydrogens is 445 g/mol. The predicted molar refractivity (Wildman–Crippen MR) is 112 cm³/mol. The van der Waals surface area contributed by atoms with Gasteiger partial charge in [0.1, 0.15) is 11.6 Å². The first-order valence-corrected chi connectivity index (χ1v) is 9.72. The van der Waals surface area contributed by atoms with Gasteiger partial charge in [-0.2, -0.15) is 0 Å². The lowest BCUT2D eigenvalue weighted by Crippen LogP contribution is -2.05. The Labute approximate surface area is 182 Å². The van der Waals surface area contributed by atoms with Crippen molar-refractivity contribution < 1.29 is 30.7 Å². The minimum atomic E-state index is -2.26. The molecule has 33 heavy (non-hydrogen) atoms.